The zero-order valence-corrected chi connectivity index (χ0v) is 14.6. The van der Waals surface area contributed by atoms with Crippen LogP contribution in [0, 0.1) is 0 Å². The summed E-state index contributed by atoms with van der Waals surface area (Å²) in [6.07, 6.45) is 3.82. The van der Waals surface area contributed by atoms with Crippen LogP contribution in [-0.2, 0) is 24.9 Å². The highest BCUT2D eigenvalue weighted by molar-refractivity contribution is 5.83. The molecule has 0 saturated carbocycles. The Morgan fingerprint density at radius 1 is 1.08 bits per heavy atom. The molecular weight excluding hydrogens is 326 g/mol. The van der Waals surface area contributed by atoms with Gasteiger partial charge in [-0.1, -0.05) is 30.3 Å². The summed E-state index contributed by atoms with van der Waals surface area (Å²) in [5.74, 6) is 0.643. The zero-order chi connectivity index (χ0) is 18.2. The van der Waals surface area contributed by atoms with E-state index in [2.05, 4.69) is 10.5 Å². The third kappa shape index (κ3) is 5.08. The van der Waals surface area contributed by atoms with Gasteiger partial charge >= 0.3 is 0 Å². The molecule has 0 atom stereocenters. The predicted octanol–water partition coefficient (Wildman–Crippen LogP) is 3.30. The van der Waals surface area contributed by atoms with Gasteiger partial charge in [0.15, 0.2) is 0 Å². The van der Waals surface area contributed by atoms with Crippen molar-refractivity contribution in [2.75, 3.05) is 0 Å². The van der Waals surface area contributed by atoms with Crippen LogP contribution in [0.2, 0.25) is 0 Å². The van der Waals surface area contributed by atoms with E-state index in [0.717, 1.165) is 22.6 Å². The van der Waals surface area contributed by atoms with Crippen molar-refractivity contribution in [2.24, 2.45) is 12.1 Å². The summed E-state index contributed by atoms with van der Waals surface area (Å²) >= 11 is 0. The molecule has 26 heavy (non-hydrogen) atoms. The summed E-state index contributed by atoms with van der Waals surface area (Å²) in [5.41, 5.74) is 5.50. The van der Waals surface area contributed by atoms with Crippen LogP contribution in [0.3, 0.4) is 0 Å². The van der Waals surface area contributed by atoms with E-state index in [9.17, 15) is 4.79 Å². The molecule has 0 saturated heterocycles. The van der Waals surface area contributed by atoms with E-state index in [-0.39, 0.29) is 5.91 Å². The maximum atomic E-state index is 11.9. The van der Waals surface area contributed by atoms with Crippen molar-refractivity contribution in [2.45, 2.75) is 13.0 Å². The largest absolute Gasteiger partial charge is 0.489 e. The van der Waals surface area contributed by atoms with Crippen LogP contribution in [0.25, 0.3) is 0 Å². The molecule has 1 amide bonds. The van der Waals surface area contributed by atoms with Gasteiger partial charge in [-0.15, -0.1) is 0 Å². The first-order chi connectivity index (χ1) is 12.7. The lowest BCUT2D eigenvalue weighted by atomic mass is 10.2. The number of aromatic nitrogens is 1. The molecule has 2 aromatic carbocycles. The predicted molar refractivity (Wildman–Crippen MR) is 102 cm³/mol. The van der Waals surface area contributed by atoms with Crippen LogP contribution in [-0.4, -0.2) is 16.7 Å². The number of amides is 1. The molecule has 132 valence electrons. The molecule has 3 aromatic rings. The van der Waals surface area contributed by atoms with Crippen molar-refractivity contribution in [3.8, 4) is 5.75 Å². The Balaban J connectivity index is 1.47. The topological polar surface area (TPSA) is 55.6 Å². The summed E-state index contributed by atoms with van der Waals surface area (Å²) in [7, 11) is 1.91. The second kappa shape index (κ2) is 8.67. The fourth-order valence-corrected chi connectivity index (χ4v) is 2.45. The third-order valence-corrected chi connectivity index (χ3v) is 3.92. The average molecular weight is 347 g/mol. The fourth-order valence-electron chi connectivity index (χ4n) is 2.45. The third-order valence-electron chi connectivity index (χ3n) is 3.92. The van der Waals surface area contributed by atoms with Crippen molar-refractivity contribution in [1.82, 2.24) is 9.99 Å². The van der Waals surface area contributed by atoms with Crippen molar-refractivity contribution in [3.05, 3.63) is 89.7 Å². The maximum Gasteiger partial charge on any atom is 0.245 e. The minimum absolute atomic E-state index is 0.147. The van der Waals surface area contributed by atoms with Crippen molar-refractivity contribution in [1.29, 1.82) is 0 Å². The normalized spacial score (nSPS) is 10.8. The first kappa shape index (κ1) is 17.5. The summed E-state index contributed by atoms with van der Waals surface area (Å²) in [4.78, 5) is 11.9. The number of hydrazone groups is 1. The first-order valence-electron chi connectivity index (χ1n) is 8.39. The van der Waals surface area contributed by atoms with Gasteiger partial charge in [-0.3, -0.25) is 4.79 Å². The standard InChI is InChI=1S/C21H21N3O2/c1-24-13-5-8-19(24)14-21(25)23-22-15-17-9-11-20(12-10-17)26-16-18-6-3-2-4-7-18/h2-13,15H,14,16H2,1H3,(H,23,25)/b22-15-. The van der Waals surface area contributed by atoms with E-state index < -0.39 is 0 Å². The Hall–Kier alpha value is -3.34. The summed E-state index contributed by atoms with van der Waals surface area (Å²) in [5, 5.41) is 4.00. The van der Waals surface area contributed by atoms with Gasteiger partial charge in [0.2, 0.25) is 5.91 Å². The summed E-state index contributed by atoms with van der Waals surface area (Å²) in [6.45, 7) is 0.531. The zero-order valence-electron chi connectivity index (χ0n) is 14.6. The van der Waals surface area contributed by atoms with Crippen LogP contribution in [0.15, 0.2) is 78.0 Å². The fraction of sp³-hybridized carbons (Fsp3) is 0.143. The highest BCUT2D eigenvalue weighted by atomic mass is 16.5. The van der Waals surface area contributed by atoms with Crippen molar-refractivity contribution < 1.29 is 9.53 Å². The number of aryl methyl sites for hydroxylation is 1. The molecule has 0 aliphatic carbocycles. The molecular formula is C21H21N3O2. The number of ether oxygens (including phenoxy) is 1. The lowest BCUT2D eigenvalue weighted by Gasteiger charge is -2.06. The van der Waals surface area contributed by atoms with Crippen molar-refractivity contribution in [3.63, 3.8) is 0 Å². The van der Waals surface area contributed by atoms with E-state index in [1.165, 1.54) is 0 Å². The number of nitrogens with zero attached hydrogens (tertiary/aromatic N) is 2. The molecule has 0 radical (unpaired) electrons. The number of nitrogens with one attached hydrogen (secondary N) is 1. The quantitative estimate of drug-likeness (QED) is 0.527. The molecule has 1 N–H and O–H groups in total. The molecule has 1 aromatic heterocycles. The van der Waals surface area contributed by atoms with E-state index in [1.807, 2.05) is 84.5 Å². The van der Waals surface area contributed by atoms with Gasteiger partial charge in [0.05, 0.1) is 12.6 Å². The maximum absolute atomic E-state index is 11.9. The molecule has 0 fully saturated rings. The monoisotopic (exact) mass is 347 g/mol. The molecule has 1 heterocycles. The van der Waals surface area contributed by atoms with E-state index >= 15 is 0 Å². The van der Waals surface area contributed by atoms with Crippen LogP contribution in [0.1, 0.15) is 16.8 Å². The minimum atomic E-state index is -0.147. The van der Waals surface area contributed by atoms with Gasteiger partial charge in [-0.2, -0.15) is 5.10 Å². The Morgan fingerprint density at radius 2 is 1.85 bits per heavy atom. The van der Waals surface area contributed by atoms with Gasteiger partial charge < -0.3 is 9.30 Å². The lowest BCUT2D eigenvalue weighted by molar-refractivity contribution is -0.120. The summed E-state index contributed by atoms with van der Waals surface area (Å²) in [6, 6.07) is 21.4. The van der Waals surface area contributed by atoms with Crippen LogP contribution in [0.5, 0.6) is 5.75 Å². The molecule has 0 bridgehead atoms. The first-order valence-corrected chi connectivity index (χ1v) is 8.39. The van der Waals surface area contributed by atoms with E-state index in [4.69, 9.17) is 4.74 Å². The van der Waals surface area contributed by atoms with E-state index in [0.29, 0.717) is 13.0 Å². The molecule has 0 unspecified atom stereocenters. The summed E-state index contributed by atoms with van der Waals surface area (Å²) < 4.78 is 7.66. The Kier molecular flexibility index (Phi) is 5.83. The highest BCUT2D eigenvalue weighted by Crippen LogP contribution is 2.13. The number of hydrogen-bond donors (Lipinski definition) is 1. The van der Waals surface area contributed by atoms with E-state index in [1.54, 1.807) is 6.21 Å². The second-order valence-electron chi connectivity index (χ2n) is 5.92. The molecule has 0 aliphatic heterocycles. The second-order valence-corrected chi connectivity index (χ2v) is 5.92. The number of carbonyl (C=O) groups is 1. The molecule has 0 spiro atoms. The Morgan fingerprint density at radius 3 is 2.54 bits per heavy atom. The smallest absolute Gasteiger partial charge is 0.245 e. The number of rotatable bonds is 7. The molecule has 0 aliphatic rings. The number of hydrogen-bond acceptors (Lipinski definition) is 3. The van der Waals surface area contributed by atoms with Crippen LogP contribution >= 0.6 is 0 Å². The van der Waals surface area contributed by atoms with Gasteiger partial charge in [0.25, 0.3) is 0 Å². The Labute approximate surface area is 152 Å². The average Bonchev–Trinajstić information content (AvgIpc) is 3.06. The lowest BCUT2D eigenvalue weighted by Crippen LogP contribution is -2.20. The van der Waals surface area contributed by atoms with Crippen LogP contribution < -0.4 is 10.2 Å². The molecule has 5 nitrogen and oxygen atoms in total. The van der Waals surface area contributed by atoms with Gasteiger partial charge in [-0.25, -0.2) is 5.43 Å². The Bertz CT molecular complexity index is 868. The highest BCUT2D eigenvalue weighted by Gasteiger charge is 2.04. The van der Waals surface area contributed by atoms with Gasteiger partial charge in [0, 0.05) is 18.9 Å². The molecule has 5 heteroatoms. The van der Waals surface area contributed by atoms with Gasteiger partial charge in [-0.05, 0) is 47.5 Å². The van der Waals surface area contributed by atoms with Crippen LogP contribution in [0.4, 0.5) is 0 Å². The van der Waals surface area contributed by atoms with Gasteiger partial charge in [0.1, 0.15) is 12.4 Å². The number of carbonyl (C=O) groups excluding carboxylic acids is 1. The number of benzene rings is 2. The SMILES string of the molecule is Cn1cccc1CC(=O)N/N=C\c1ccc(OCc2ccccc2)cc1. The minimum Gasteiger partial charge on any atom is -0.489 e. The van der Waals surface area contributed by atoms with Crippen molar-refractivity contribution >= 4 is 12.1 Å². The molecule has 3 rings (SSSR count).